The molecule has 0 fully saturated rings. The number of carbonyl (C=O) groups excluding carboxylic acids is 5. The number of hydrogen-bond donors (Lipinski definition) is 5. The van der Waals surface area contributed by atoms with Crippen LogP contribution < -0.4 is 31.7 Å². The lowest BCUT2D eigenvalue weighted by Crippen LogP contribution is -2.54. The van der Waals surface area contributed by atoms with Crippen LogP contribution in [0, 0.1) is 16.0 Å². The lowest BCUT2D eigenvalue weighted by molar-refractivity contribution is -0.384. The average molecular weight is 830 g/mol. The number of amides is 5. The maximum atomic E-state index is 13.7. The van der Waals surface area contributed by atoms with Gasteiger partial charge in [0.05, 0.1) is 4.92 Å². The van der Waals surface area contributed by atoms with Crippen LogP contribution in [-0.4, -0.2) is 69.0 Å². The number of nitro benzene ring substituents is 1. The van der Waals surface area contributed by atoms with E-state index in [1.807, 2.05) is 48.5 Å². The smallest absolute Gasteiger partial charge is 0.514 e. The zero-order valence-electron chi connectivity index (χ0n) is 31.8. The number of urea groups is 1. The van der Waals surface area contributed by atoms with Crippen molar-refractivity contribution in [3.05, 3.63) is 118 Å². The third-order valence-electron chi connectivity index (χ3n) is 9.28. The summed E-state index contributed by atoms with van der Waals surface area (Å²) < 4.78 is 40.0. The lowest BCUT2D eigenvalue weighted by Gasteiger charge is -2.25. The Morgan fingerprint density at radius 2 is 1.51 bits per heavy atom. The van der Waals surface area contributed by atoms with Gasteiger partial charge in [-0.2, -0.15) is 0 Å². The third kappa shape index (κ3) is 11.6. The van der Waals surface area contributed by atoms with E-state index in [2.05, 4.69) is 21.3 Å². The molecule has 1 aliphatic rings. The fourth-order valence-corrected chi connectivity index (χ4v) is 6.95. The molecule has 19 heteroatoms. The van der Waals surface area contributed by atoms with Crippen LogP contribution in [0.1, 0.15) is 49.3 Å². The number of nitrogens with zero attached hydrogens (tertiary/aromatic N) is 1. The van der Waals surface area contributed by atoms with Crippen LogP contribution in [0.5, 0.6) is 5.75 Å². The molecular formula is C40H41N6O12S-. The number of hydrogen-bond acceptors (Lipinski definition) is 12. The second-order valence-electron chi connectivity index (χ2n) is 13.6. The molecule has 1 aliphatic carbocycles. The Kier molecular flexibility index (Phi) is 14.7. The minimum atomic E-state index is -2.87. The van der Waals surface area contributed by atoms with Gasteiger partial charge in [0.15, 0.2) is 0 Å². The number of carbonyl (C=O) groups is 5. The summed E-state index contributed by atoms with van der Waals surface area (Å²) in [5, 5.41) is 21.1. The summed E-state index contributed by atoms with van der Waals surface area (Å²) in [7, 11) is 0. The zero-order valence-corrected chi connectivity index (χ0v) is 32.7. The maximum absolute atomic E-state index is 13.7. The van der Waals surface area contributed by atoms with E-state index in [1.54, 1.807) is 13.8 Å². The summed E-state index contributed by atoms with van der Waals surface area (Å²) in [6.45, 7) is 2.93. The van der Waals surface area contributed by atoms with Gasteiger partial charge in [-0.15, -0.1) is 0 Å². The Balaban J connectivity index is 1.22. The van der Waals surface area contributed by atoms with Crippen molar-refractivity contribution in [2.75, 3.05) is 18.5 Å². The van der Waals surface area contributed by atoms with Crippen molar-refractivity contribution >= 4 is 52.5 Å². The molecule has 0 heterocycles. The molecule has 5 amide bonds. The number of benzene rings is 4. The van der Waals surface area contributed by atoms with Gasteiger partial charge in [0, 0.05) is 40.7 Å². The third-order valence-corrected chi connectivity index (χ3v) is 10.0. The lowest BCUT2D eigenvalue weighted by atomic mass is 9.98. The quantitative estimate of drug-likeness (QED) is 0.0235. The topological polar surface area (TPSA) is 270 Å². The molecule has 5 rings (SSSR count). The molecule has 0 spiro atoms. The molecular weight excluding hydrogens is 789 g/mol. The number of nitro groups is 1. The van der Waals surface area contributed by atoms with Gasteiger partial charge in [-0.25, -0.2) is 14.4 Å². The predicted molar refractivity (Wildman–Crippen MR) is 212 cm³/mol. The van der Waals surface area contributed by atoms with Crippen molar-refractivity contribution in [3.63, 3.8) is 0 Å². The number of ether oxygens (including phenoxy) is 3. The van der Waals surface area contributed by atoms with Crippen LogP contribution in [0.3, 0.4) is 0 Å². The van der Waals surface area contributed by atoms with E-state index in [4.69, 9.17) is 19.9 Å². The number of primary amides is 1. The fraction of sp³-hybridized carbons (Fsp3) is 0.275. The normalized spacial score (nSPS) is 13.2. The molecule has 18 nitrogen and oxygen atoms in total. The molecule has 4 aromatic rings. The van der Waals surface area contributed by atoms with E-state index >= 15 is 0 Å². The van der Waals surface area contributed by atoms with Crippen LogP contribution in [-0.2, 0) is 36.8 Å². The van der Waals surface area contributed by atoms with Crippen molar-refractivity contribution in [1.29, 1.82) is 0 Å². The predicted octanol–water partition coefficient (Wildman–Crippen LogP) is 4.98. The second kappa shape index (κ2) is 20.0. The summed E-state index contributed by atoms with van der Waals surface area (Å²) in [5.41, 5.74) is 9.10. The van der Waals surface area contributed by atoms with Crippen LogP contribution >= 0.6 is 0 Å². The molecule has 0 radical (unpaired) electrons. The first-order chi connectivity index (χ1) is 28.2. The fourth-order valence-electron chi connectivity index (χ4n) is 6.38. The van der Waals surface area contributed by atoms with Crippen molar-refractivity contribution in [2.24, 2.45) is 11.7 Å². The number of nitrogens with one attached hydrogen (secondary N) is 4. The van der Waals surface area contributed by atoms with Gasteiger partial charge >= 0.3 is 18.3 Å². The first-order valence-corrected chi connectivity index (χ1v) is 19.4. The molecule has 0 aliphatic heterocycles. The highest BCUT2D eigenvalue weighted by atomic mass is 32.2. The standard InChI is InChI=1S/C40H42N6O12S/c1-23(2)35(45-39(50)56-22-32-30-10-5-3-8-28(30)29-9-4-6-11-31(29)32)37(48)44-33(12-7-19-42-38(41)49)36(47)43-25-14-13-24(34(20-25)59(54)55)21-57-40(51)58-27-17-15-26(16-18-27)46(52)53/h3-6,8-11,13-18,20,23,32-33,35H,7,12,19,21-22H2,1-2H3,(H,43,47)(H,44,48)(H,45,50)(H,54,55)(H3,41,42,49)/p-1/t33-,35-/m0/s1. The van der Waals surface area contributed by atoms with Gasteiger partial charge in [-0.05, 0) is 76.4 Å². The van der Waals surface area contributed by atoms with Crippen molar-refractivity contribution in [3.8, 4) is 16.9 Å². The van der Waals surface area contributed by atoms with Crippen molar-refractivity contribution in [2.45, 2.75) is 56.2 Å². The highest BCUT2D eigenvalue weighted by molar-refractivity contribution is 7.79. The summed E-state index contributed by atoms with van der Waals surface area (Å²) in [5.74, 6) is -2.17. The monoisotopic (exact) mass is 829 g/mol. The molecule has 310 valence electrons. The highest BCUT2D eigenvalue weighted by Crippen LogP contribution is 2.44. The van der Waals surface area contributed by atoms with E-state index in [9.17, 15) is 42.8 Å². The molecule has 3 atom stereocenters. The number of fused-ring (bicyclic) bond motifs is 3. The largest absolute Gasteiger partial charge is 0.768 e. The van der Waals surface area contributed by atoms with E-state index in [0.29, 0.717) is 0 Å². The van der Waals surface area contributed by atoms with Crippen LogP contribution in [0.15, 0.2) is 95.9 Å². The Hall–Kier alpha value is -6.86. The van der Waals surface area contributed by atoms with Gasteiger partial charge in [0.25, 0.3) is 5.69 Å². The van der Waals surface area contributed by atoms with Crippen LogP contribution in [0.2, 0.25) is 0 Å². The Morgan fingerprint density at radius 1 is 0.864 bits per heavy atom. The molecule has 1 unspecified atom stereocenters. The summed E-state index contributed by atoms with van der Waals surface area (Å²) in [4.78, 5) is 73.8. The molecule has 0 bridgehead atoms. The number of non-ortho nitro benzene ring substituents is 1. The van der Waals surface area contributed by atoms with E-state index in [0.717, 1.165) is 40.5 Å². The van der Waals surface area contributed by atoms with Crippen LogP contribution in [0.25, 0.3) is 11.1 Å². The van der Waals surface area contributed by atoms with Crippen LogP contribution in [0.4, 0.5) is 25.8 Å². The number of nitrogens with two attached hydrogens (primary N) is 1. The van der Waals surface area contributed by atoms with Gasteiger partial charge in [-0.3, -0.25) is 23.9 Å². The average Bonchev–Trinajstić information content (AvgIpc) is 3.52. The SMILES string of the molecule is CC(C)[C@H](NC(=O)OCC1c2ccccc2-c2ccccc21)C(=O)N[C@@H](CCCNC(N)=O)C(=O)Nc1ccc(COC(=O)Oc2ccc([N+](=O)[O-])cc2)c(S(=O)[O-])c1. The summed E-state index contributed by atoms with van der Waals surface area (Å²) in [6.07, 6.45) is -1.86. The Morgan fingerprint density at radius 3 is 2.10 bits per heavy atom. The number of anilines is 1. The number of alkyl carbamates (subject to hydrolysis) is 1. The van der Waals surface area contributed by atoms with Gasteiger partial charge in [0.1, 0.15) is 31.0 Å². The number of rotatable bonds is 17. The minimum Gasteiger partial charge on any atom is -0.768 e. The van der Waals surface area contributed by atoms with E-state index in [1.165, 1.54) is 24.3 Å². The molecule has 6 N–H and O–H groups in total. The molecule has 0 saturated carbocycles. The van der Waals surface area contributed by atoms with Gasteiger partial charge < -0.3 is 45.8 Å². The Labute approximate surface area is 340 Å². The van der Waals surface area contributed by atoms with E-state index < -0.39 is 70.7 Å². The second-order valence-corrected chi connectivity index (χ2v) is 14.5. The highest BCUT2D eigenvalue weighted by Gasteiger charge is 2.32. The molecule has 4 aromatic carbocycles. The van der Waals surface area contributed by atoms with Crippen molar-refractivity contribution < 1.29 is 51.9 Å². The zero-order chi connectivity index (χ0) is 42.6. The minimum absolute atomic E-state index is 0.00322. The van der Waals surface area contributed by atoms with E-state index in [-0.39, 0.29) is 59.5 Å². The maximum Gasteiger partial charge on any atom is 0.514 e. The molecule has 59 heavy (non-hydrogen) atoms. The Bertz CT molecular complexity index is 2190. The first kappa shape index (κ1) is 43.3. The van der Waals surface area contributed by atoms with Crippen molar-refractivity contribution in [1.82, 2.24) is 16.0 Å². The van der Waals surface area contributed by atoms with Gasteiger partial charge in [-0.1, -0.05) is 68.4 Å². The first-order valence-electron chi connectivity index (χ1n) is 18.3. The summed E-state index contributed by atoms with van der Waals surface area (Å²) >= 11 is -2.87. The molecule has 0 aromatic heterocycles. The molecule has 0 saturated heterocycles. The summed E-state index contributed by atoms with van der Waals surface area (Å²) in [6, 6.07) is 20.9. The van der Waals surface area contributed by atoms with Gasteiger partial charge in [0.2, 0.25) is 11.8 Å².